The molecule has 0 saturated heterocycles. The van der Waals surface area contributed by atoms with Crippen LogP contribution in [0.1, 0.15) is 32.4 Å². The number of anilines is 1. The molecule has 0 aromatic heterocycles. The van der Waals surface area contributed by atoms with E-state index < -0.39 is 6.04 Å². The lowest BCUT2D eigenvalue weighted by atomic mass is 10.1. The van der Waals surface area contributed by atoms with E-state index in [1.807, 2.05) is 45.0 Å². The highest BCUT2D eigenvalue weighted by atomic mass is 16.5. The molecule has 2 unspecified atom stereocenters. The molecular formula is C17H28N4O3. The first-order chi connectivity index (χ1) is 11.4. The summed E-state index contributed by atoms with van der Waals surface area (Å²) >= 11 is 0. The zero-order valence-corrected chi connectivity index (χ0v) is 14.8. The number of methoxy groups -OCH3 is 1. The van der Waals surface area contributed by atoms with E-state index in [9.17, 15) is 9.59 Å². The van der Waals surface area contributed by atoms with Gasteiger partial charge in [0.15, 0.2) is 0 Å². The van der Waals surface area contributed by atoms with Crippen molar-refractivity contribution in [2.75, 3.05) is 32.1 Å². The molecule has 134 valence electrons. The largest absolute Gasteiger partial charge is 0.383 e. The lowest BCUT2D eigenvalue weighted by Crippen LogP contribution is -2.44. The SMILES string of the molecule is CCN(CC)C(=O)Nc1ccc(C(C)NC(=O)C(N)COC)cc1. The van der Waals surface area contributed by atoms with E-state index in [0.29, 0.717) is 18.8 Å². The van der Waals surface area contributed by atoms with Crippen LogP contribution in [-0.4, -0.2) is 49.7 Å². The highest BCUT2D eigenvalue weighted by Crippen LogP contribution is 2.16. The number of carbonyl (C=O) groups excluding carboxylic acids is 2. The molecule has 0 heterocycles. The van der Waals surface area contributed by atoms with Gasteiger partial charge in [-0.3, -0.25) is 4.79 Å². The molecule has 1 aromatic carbocycles. The summed E-state index contributed by atoms with van der Waals surface area (Å²) in [4.78, 5) is 25.6. The molecule has 0 aliphatic rings. The Hall–Kier alpha value is -2.12. The molecule has 0 radical (unpaired) electrons. The molecule has 1 aromatic rings. The molecule has 0 saturated carbocycles. The quantitative estimate of drug-likeness (QED) is 0.673. The van der Waals surface area contributed by atoms with Gasteiger partial charge in [0, 0.05) is 25.9 Å². The molecule has 7 nitrogen and oxygen atoms in total. The minimum Gasteiger partial charge on any atom is -0.383 e. The molecule has 0 spiro atoms. The van der Waals surface area contributed by atoms with Crippen LogP contribution in [0.5, 0.6) is 0 Å². The number of benzene rings is 1. The number of rotatable bonds is 8. The molecule has 1 rings (SSSR count). The summed E-state index contributed by atoms with van der Waals surface area (Å²) in [5, 5.41) is 5.69. The number of ether oxygens (including phenoxy) is 1. The van der Waals surface area contributed by atoms with Crippen LogP contribution in [0, 0.1) is 0 Å². The average Bonchev–Trinajstić information content (AvgIpc) is 2.56. The van der Waals surface area contributed by atoms with Crippen molar-refractivity contribution in [1.82, 2.24) is 10.2 Å². The number of nitrogens with one attached hydrogen (secondary N) is 2. The van der Waals surface area contributed by atoms with Gasteiger partial charge in [0.1, 0.15) is 6.04 Å². The van der Waals surface area contributed by atoms with Gasteiger partial charge in [-0.25, -0.2) is 4.79 Å². The lowest BCUT2D eigenvalue weighted by Gasteiger charge is -2.20. The zero-order chi connectivity index (χ0) is 18.1. The summed E-state index contributed by atoms with van der Waals surface area (Å²) in [6.07, 6.45) is 0. The molecule has 0 bridgehead atoms. The van der Waals surface area contributed by atoms with E-state index in [0.717, 1.165) is 5.56 Å². The fourth-order valence-electron chi connectivity index (χ4n) is 2.23. The van der Waals surface area contributed by atoms with Crippen LogP contribution in [0.15, 0.2) is 24.3 Å². The van der Waals surface area contributed by atoms with Crippen molar-refractivity contribution in [1.29, 1.82) is 0 Å². The van der Waals surface area contributed by atoms with Gasteiger partial charge in [0.05, 0.1) is 12.6 Å². The topological polar surface area (TPSA) is 96.7 Å². The normalized spacial score (nSPS) is 13.0. The Labute approximate surface area is 143 Å². The van der Waals surface area contributed by atoms with Gasteiger partial charge in [-0.1, -0.05) is 12.1 Å². The number of nitrogens with two attached hydrogens (primary N) is 1. The summed E-state index contributed by atoms with van der Waals surface area (Å²) in [6.45, 7) is 7.24. The minimum atomic E-state index is -0.690. The second-order valence-electron chi connectivity index (χ2n) is 5.52. The third kappa shape index (κ3) is 5.82. The molecule has 3 amide bonds. The van der Waals surface area contributed by atoms with Gasteiger partial charge in [-0.15, -0.1) is 0 Å². The van der Waals surface area contributed by atoms with Crippen LogP contribution >= 0.6 is 0 Å². The van der Waals surface area contributed by atoms with Crippen molar-refractivity contribution in [3.63, 3.8) is 0 Å². The summed E-state index contributed by atoms with van der Waals surface area (Å²) in [5.74, 6) is -0.261. The summed E-state index contributed by atoms with van der Waals surface area (Å²) in [6, 6.07) is 6.36. The number of carbonyl (C=O) groups is 2. The van der Waals surface area contributed by atoms with Crippen LogP contribution in [-0.2, 0) is 9.53 Å². The smallest absolute Gasteiger partial charge is 0.321 e. The Morgan fingerprint density at radius 3 is 2.29 bits per heavy atom. The fraction of sp³-hybridized carbons (Fsp3) is 0.529. The van der Waals surface area contributed by atoms with Gasteiger partial charge in [-0.05, 0) is 38.5 Å². The second kappa shape index (κ2) is 9.89. The maximum atomic E-state index is 12.0. The number of hydrogen-bond acceptors (Lipinski definition) is 4. The van der Waals surface area contributed by atoms with Gasteiger partial charge in [-0.2, -0.15) is 0 Å². The van der Waals surface area contributed by atoms with Gasteiger partial charge in [0.25, 0.3) is 0 Å². The standard InChI is InChI=1S/C17H28N4O3/c1-5-21(6-2)17(23)20-14-9-7-13(8-10-14)12(3)19-16(22)15(18)11-24-4/h7-10,12,15H,5-6,11,18H2,1-4H3,(H,19,22)(H,20,23). The van der Waals surface area contributed by atoms with Crippen molar-refractivity contribution < 1.29 is 14.3 Å². The van der Waals surface area contributed by atoms with E-state index in [1.165, 1.54) is 7.11 Å². The van der Waals surface area contributed by atoms with E-state index in [1.54, 1.807) is 4.90 Å². The molecular weight excluding hydrogens is 308 g/mol. The van der Waals surface area contributed by atoms with E-state index >= 15 is 0 Å². The van der Waals surface area contributed by atoms with Crippen LogP contribution in [0.4, 0.5) is 10.5 Å². The molecule has 0 fully saturated rings. The van der Waals surface area contributed by atoms with Crippen LogP contribution < -0.4 is 16.4 Å². The molecule has 2 atom stereocenters. The van der Waals surface area contributed by atoms with Crippen molar-refractivity contribution in [2.24, 2.45) is 5.73 Å². The van der Waals surface area contributed by atoms with Crippen LogP contribution in [0.25, 0.3) is 0 Å². The first kappa shape index (κ1) is 19.9. The third-order valence-corrected chi connectivity index (χ3v) is 3.75. The average molecular weight is 336 g/mol. The van der Waals surface area contributed by atoms with E-state index in [4.69, 9.17) is 10.5 Å². The lowest BCUT2D eigenvalue weighted by molar-refractivity contribution is -0.124. The minimum absolute atomic E-state index is 0.125. The summed E-state index contributed by atoms with van der Waals surface area (Å²) in [7, 11) is 1.50. The van der Waals surface area contributed by atoms with Crippen molar-refractivity contribution in [3.05, 3.63) is 29.8 Å². The van der Waals surface area contributed by atoms with E-state index in [-0.39, 0.29) is 24.6 Å². The maximum Gasteiger partial charge on any atom is 0.321 e. The molecule has 0 aliphatic carbocycles. The van der Waals surface area contributed by atoms with Crippen molar-refractivity contribution in [2.45, 2.75) is 32.9 Å². The molecule has 0 aliphatic heterocycles. The highest BCUT2D eigenvalue weighted by molar-refractivity contribution is 5.89. The van der Waals surface area contributed by atoms with Crippen LogP contribution in [0.2, 0.25) is 0 Å². The van der Waals surface area contributed by atoms with Crippen LogP contribution in [0.3, 0.4) is 0 Å². The van der Waals surface area contributed by atoms with Gasteiger partial charge in [0.2, 0.25) is 5.91 Å². The monoisotopic (exact) mass is 336 g/mol. The summed E-state index contributed by atoms with van der Waals surface area (Å²) < 4.78 is 4.87. The predicted octanol–water partition coefficient (Wildman–Crippen LogP) is 1.71. The Balaban J connectivity index is 2.63. The highest BCUT2D eigenvalue weighted by Gasteiger charge is 2.16. The first-order valence-electron chi connectivity index (χ1n) is 8.13. The Bertz CT molecular complexity index is 529. The van der Waals surface area contributed by atoms with Gasteiger partial charge < -0.3 is 26.0 Å². The summed E-state index contributed by atoms with van der Waals surface area (Å²) in [5.41, 5.74) is 7.34. The zero-order valence-electron chi connectivity index (χ0n) is 14.8. The molecule has 7 heteroatoms. The number of urea groups is 1. The van der Waals surface area contributed by atoms with Crippen molar-refractivity contribution in [3.8, 4) is 0 Å². The second-order valence-corrected chi connectivity index (χ2v) is 5.52. The van der Waals surface area contributed by atoms with Crippen molar-refractivity contribution >= 4 is 17.6 Å². The number of amides is 3. The number of nitrogens with zero attached hydrogens (tertiary/aromatic N) is 1. The first-order valence-corrected chi connectivity index (χ1v) is 8.13. The predicted molar refractivity (Wildman–Crippen MR) is 94.8 cm³/mol. The fourth-order valence-corrected chi connectivity index (χ4v) is 2.23. The Morgan fingerprint density at radius 2 is 1.79 bits per heavy atom. The molecule has 4 N–H and O–H groups in total. The maximum absolute atomic E-state index is 12.0. The van der Waals surface area contributed by atoms with Gasteiger partial charge >= 0.3 is 6.03 Å². The number of hydrogen-bond donors (Lipinski definition) is 3. The Kier molecular flexibility index (Phi) is 8.21. The third-order valence-electron chi connectivity index (χ3n) is 3.75. The molecule has 24 heavy (non-hydrogen) atoms. The van der Waals surface area contributed by atoms with E-state index in [2.05, 4.69) is 10.6 Å². The Morgan fingerprint density at radius 1 is 1.21 bits per heavy atom.